The van der Waals surface area contributed by atoms with Gasteiger partial charge in [0.1, 0.15) is 5.82 Å². The van der Waals surface area contributed by atoms with Crippen molar-refractivity contribution in [2.24, 2.45) is 0 Å². The van der Waals surface area contributed by atoms with Crippen LogP contribution in [0.25, 0.3) is 6.08 Å². The minimum Gasteiger partial charge on any atom is -0.481 e. The number of amides is 1. The summed E-state index contributed by atoms with van der Waals surface area (Å²) in [6, 6.07) is 6.12. The van der Waals surface area contributed by atoms with Crippen LogP contribution in [-0.4, -0.2) is 34.5 Å². The van der Waals surface area contributed by atoms with Crippen LogP contribution < -0.4 is 0 Å². The maximum Gasteiger partial charge on any atom is 0.303 e. The quantitative estimate of drug-likeness (QED) is 0.873. The summed E-state index contributed by atoms with van der Waals surface area (Å²) in [5.41, 5.74) is 0.847. The molecule has 1 amide bonds. The van der Waals surface area contributed by atoms with Crippen molar-refractivity contribution in [1.29, 1.82) is 0 Å². The van der Waals surface area contributed by atoms with Gasteiger partial charge in [-0.05, 0) is 43.4 Å². The number of hydrogen-bond donors (Lipinski definition) is 1. The molecular weight excluding hydrogens is 297 g/mol. The van der Waals surface area contributed by atoms with Crippen molar-refractivity contribution in [2.45, 2.75) is 44.6 Å². The van der Waals surface area contributed by atoms with Gasteiger partial charge in [-0.3, -0.25) is 9.59 Å². The zero-order valence-electron chi connectivity index (χ0n) is 13.1. The van der Waals surface area contributed by atoms with Gasteiger partial charge in [-0.25, -0.2) is 4.39 Å². The van der Waals surface area contributed by atoms with Crippen LogP contribution in [0.1, 0.15) is 44.1 Å². The average molecular weight is 319 g/mol. The van der Waals surface area contributed by atoms with E-state index in [9.17, 15) is 14.0 Å². The lowest BCUT2D eigenvalue weighted by molar-refractivity contribution is -0.139. The molecule has 5 heteroatoms. The minimum atomic E-state index is -0.820. The minimum absolute atomic E-state index is 0.0263. The van der Waals surface area contributed by atoms with Crippen LogP contribution in [0, 0.1) is 5.82 Å². The third-order valence-corrected chi connectivity index (χ3v) is 4.11. The largest absolute Gasteiger partial charge is 0.481 e. The van der Waals surface area contributed by atoms with Gasteiger partial charge in [0.05, 0.1) is 0 Å². The Bertz CT molecular complexity index is 568. The van der Waals surface area contributed by atoms with Gasteiger partial charge < -0.3 is 10.0 Å². The van der Waals surface area contributed by atoms with Crippen molar-refractivity contribution < 1.29 is 19.1 Å². The van der Waals surface area contributed by atoms with Crippen molar-refractivity contribution in [3.8, 4) is 0 Å². The molecule has 1 N–H and O–H groups in total. The van der Waals surface area contributed by atoms with Gasteiger partial charge in [0.2, 0.25) is 5.91 Å². The molecule has 124 valence electrons. The number of rotatable bonds is 6. The SMILES string of the molecule is O=C(O)CCC1CCCCN1C(=O)C/C=C/c1ccc(F)cc1. The highest BCUT2D eigenvalue weighted by Crippen LogP contribution is 2.22. The Morgan fingerprint density at radius 2 is 2.00 bits per heavy atom. The molecule has 23 heavy (non-hydrogen) atoms. The van der Waals surface area contributed by atoms with E-state index >= 15 is 0 Å². The van der Waals surface area contributed by atoms with Crippen LogP contribution in [0.15, 0.2) is 30.3 Å². The van der Waals surface area contributed by atoms with Crippen LogP contribution in [0.5, 0.6) is 0 Å². The van der Waals surface area contributed by atoms with E-state index in [-0.39, 0.29) is 30.6 Å². The fraction of sp³-hybridized carbons (Fsp3) is 0.444. The van der Waals surface area contributed by atoms with Crippen LogP contribution in [0.2, 0.25) is 0 Å². The molecule has 0 aromatic heterocycles. The Labute approximate surface area is 135 Å². The number of carbonyl (C=O) groups is 2. The fourth-order valence-corrected chi connectivity index (χ4v) is 2.91. The van der Waals surface area contributed by atoms with E-state index in [4.69, 9.17) is 5.11 Å². The molecular formula is C18H22FNO3. The molecule has 1 aromatic rings. The third kappa shape index (κ3) is 5.51. The summed E-state index contributed by atoms with van der Waals surface area (Å²) in [5.74, 6) is -1.08. The Hall–Kier alpha value is -2.17. The number of benzene rings is 1. The molecule has 1 heterocycles. The fourth-order valence-electron chi connectivity index (χ4n) is 2.91. The lowest BCUT2D eigenvalue weighted by Crippen LogP contribution is -2.43. The molecule has 0 saturated carbocycles. The normalized spacial score (nSPS) is 18.3. The molecule has 2 rings (SSSR count). The summed E-state index contributed by atoms with van der Waals surface area (Å²) in [5, 5.41) is 8.81. The first kappa shape index (κ1) is 17.2. The van der Waals surface area contributed by atoms with Gasteiger partial charge in [0, 0.05) is 25.4 Å². The predicted molar refractivity (Wildman–Crippen MR) is 86.3 cm³/mol. The first-order valence-corrected chi connectivity index (χ1v) is 7.99. The average Bonchev–Trinajstić information content (AvgIpc) is 2.55. The summed E-state index contributed by atoms with van der Waals surface area (Å²) in [6.45, 7) is 0.702. The monoisotopic (exact) mass is 319 g/mol. The van der Waals surface area contributed by atoms with E-state index in [1.54, 1.807) is 24.3 Å². The smallest absolute Gasteiger partial charge is 0.303 e. The number of hydrogen-bond acceptors (Lipinski definition) is 2. The lowest BCUT2D eigenvalue weighted by Gasteiger charge is -2.35. The predicted octanol–water partition coefficient (Wildman–Crippen LogP) is 3.47. The highest BCUT2D eigenvalue weighted by molar-refractivity contribution is 5.79. The number of nitrogens with zero attached hydrogens (tertiary/aromatic N) is 1. The summed E-state index contributed by atoms with van der Waals surface area (Å²) in [6.07, 6.45) is 7.35. The van der Waals surface area contributed by atoms with Crippen LogP contribution in [-0.2, 0) is 9.59 Å². The van der Waals surface area contributed by atoms with Gasteiger partial charge >= 0.3 is 5.97 Å². The Morgan fingerprint density at radius 3 is 2.70 bits per heavy atom. The zero-order valence-corrected chi connectivity index (χ0v) is 13.1. The number of aliphatic carboxylic acids is 1. The summed E-state index contributed by atoms with van der Waals surface area (Å²) in [4.78, 5) is 24.9. The van der Waals surface area contributed by atoms with E-state index in [2.05, 4.69) is 0 Å². The van der Waals surface area contributed by atoms with Crippen LogP contribution in [0.3, 0.4) is 0 Å². The molecule has 1 unspecified atom stereocenters. The van der Waals surface area contributed by atoms with Crippen molar-refractivity contribution >= 4 is 18.0 Å². The second-order valence-corrected chi connectivity index (χ2v) is 5.83. The molecule has 1 aliphatic heterocycles. The third-order valence-electron chi connectivity index (χ3n) is 4.11. The molecule has 0 radical (unpaired) electrons. The maximum absolute atomic E-state index is 12.8. The molecule has 1 atom stereocenters. The summed E-state index contributed by atoms with van der Waals surface area (Å²) >= 11 is 0. The van der Waals surface area contributed by atoms with E-state index in [0.29, 0.717) is 13.0 Å². The van der Waals surface area contributed by atoms with Gasteiger partial charge in [0.25, 0.3) is 0 Å². The number of carbonyl (C=O) groups excluding carboxylic acids is 1. The highest BCUT2D eigenvalue weighted by atomic mass is 19.1. The van der Waals surface area contributed by atoms with Gasteiger partial charge in [-0.2, -0.15) is 0 Å². The Kier molecular flexibility index (Phi) is 6.32. The second kappa shape index (κ2) is 8.46. The van der Waals surface area contributed by atoms with Crippen molar-refractivity contribution in [3.05, 3.63) is 41.7 Å². The molecule has 4 nitrogen and oxygen atoms in total. The van der Waals surface area contributed by atoms with Gasteiger partial charge in [-0.15, -0.1) is 0 Å². The van der Waals surface area contributed by atoms with Crippen molar-refractivity contribution in [1.82, 2.24) is 4.90 Å². The second-order valence-electron chi connectivity index (χ2n) is 5.83. The highest BCUT2D eigenvalue weighted by Gasteiger charge is 2.26. The molecule has 1 fully saturated rings. The van der Waals surface area contributed by atoms with Crippen molar-refractivity contribution in [2.75, 3.05) is 6.54 Å². The molecule has 1 aliphatic rings. The maximum atomic E-state index is 12.8. The first-order valence-electron chi connectivity index (χ1n) is 7.99. The van der Waals surface area contributed by atoms with E-state index in [1.165, 1.54) is 12.1 Å². The van der Waals surface area contributed by atoms with Gasteiger partial charge in [0.15, 0.2) is 0 Å². The van der Waals surface area contributed by atoms with Gasteiger partial charge in [-0.1, -0.05) is 24.3 Å². The molecule has 1 aromatic carbocycles. The number of halogens is 1. The van der Waals surface area contributed by atoms with E-state index in [1.807, 2.05) is 4.90 Å². The van der Waals surface area contributed by atoms with Crippen LogP contribution in [0.4, 0.5) is 4.39 Å². The standard InChI is InChI=1S/C18H22FNO3/c19-15-9-7-14(8-10-15)4-3-6-17(21)20-13-2-1-5-16(20)11-12-18(22)23/h3-4,7-10,16H,1-2,5-6,11-13H2,(H,22,23)/b4-3+. The topological polar surface area (TPSA) is 57.6 Å². The zero-order chi connectivity index (χ0) is 16.7. The lowest BCUT2D eigenvalue weighted by atomic mass is 9.97. The number of piperidine rings is 1. The summed E-state index contributed by atoms with van der Waals surface area (Å²) < 4.78 is 12.8. The Balaban J connectivity index is 1.89. The first-order chi connectivity index (χ1) is 11.1. The molecule has 0 spiro atoms. The number of likely N-dealkylation sites (tertiary alicyclic amines) is 1. The number of carboxylic acid groups (broad SMARTS) is 1. The van der Waals surface area contributed by atoms with E-state index < -0.39 is 5.97 Å². The number of carboxylic acids is 1. The molecule has 0 aliphatic carbocycles. The summed E-state index contributed by atoms with van der Waals surface area (Å²) in [7, 11) is 0. The van der Waals surface area contributed by atoms with E-state index in [0.717, 1.165) is 24.8 Å². The molecule has 1 saturated heterocycles. The van der Waals surface area contributed by atoms with Crippen LogP contribution >= 0.6 is 0 Å². The molecule has 0 bridgehead atoms. The Morgan fingerprint density at radius 1 is 1.26 bits per heavy atom. The van der Waals surface area contributed by atoms with Crippen molar-refractivity contribution in [3.63, 3.8) is 0 Å².